The number of piperidine rings is 1. The lowest BCUT2D eigenvalue weighted by Gasteiger charge is -2.32. The Morgan fingerprint density at radius 1 is 0.969 bits per heavy atom. The molecular formula is C26H29ClN4O. The van der Waals surface area contributed by atoms with Crippen LogP contribution in [0.3, 0.4) is 0 Å². The van der Waals surface area contributed by atoms with Crippen molar-refractivity contribution in [1.82, 2.24) is 14.8 Å². The molecule has 1 aromatic heterocycles. The first-order valence-corrected chi connectivity index (χ1v) is 12.0. The third kappa shape index (κ3) is 4.89. The van der Waals surface area contributed by atoms with Gasteiger partial charge >= 0.3 is 6.03 Å². The molecule has 2 aliphatic heterocycles. The number of pyridine rings is 1. The van der Waals surface area contributed by atoms with E-state index in [2.05, 4.69) is 34.5 Å². The van der Waals surface area contributed by atoms with Crippen LogP contribution in [0.2, 0.25) is 5.02 Å². The Hall–Kier alpha value is -2.63. The molecule has 3 aromatic rings. The molecule has 3 heterocycles. The standard InChI is InChI=1S/C26H29ClN4O/c27-22-6-3-19(4-7-22)20-11-15-31(16-12-20)26(32)29-23-9-10-25-21(17-23)5-8-24(28-25)18-30-13-1-2-14-30/h3-10,17,20H,1-2,11-16,18H2,(H,29,32). The third-order valence-corrected chi connectivity index (χ3v) is 6.96. The van der Waals surface area contributed by atoms with Gasteiger partial charge in [0.2, 0.25) is 0 Å². The van der Waals surface area contributed by atoms with Crippen molar-refractivity contribution in [2.45, 2.75) is 38.1 Å². The molecule has 5 rings (SSSR count). The van der Waals surface area contributed by atoms with Gasteiger partial charge in [-0.3, -0.25) is 9.88 Å². The van der Waals surface area contributed by atoms with Gasteiger partial charge in [-0.05, 0) is 86.7 Å². The van der Waals surface area contributed by atoms with Crippen molar-refractivity contribution >= 4 is 34.2 Å². The number of halogens is 1. The third-order valence-electron chi connectivity index (χ3n) is 6.71. The first-order chi connectivity index (χ1) is 15.6. The van der Waals surface area contributed by atoms with Crippen molar-refractivity contribution in [3.8, 4) is 0 Å². The van der Waals surface area contributed by atoms with Gasteiger partial charge in [0, 0.05) is 35.7 Å². The van der Waals surface area contributed by atoms with Crippen molar-refractivity contribution < 1.29 is 4.79 Å². The van der Waals surface area contributed by atoms with E-state index in [0.29, 0.717) is 5.92 Å². The number of nitrogens with one attached hydrogen (secondary N) is 1. The summed E-state index contributed by atoms with van der Waals surface area (Å²) in [4.78, 5) is 22.0. The quantitative estimate of drug-likeness (QED) is 0.540. The lowest BCUT2D eigenvalue weighted by atomic mass is 9.89. The second kappa shape index (κ2) is 9.47. The van der Waals surface area contributed by atoms with E-state index in [9.17, 15) is 4.79 Å². The summed E-state index contributed by atoms with van der Waals surface area (Å²) < 4.78 is 0. The Morgan fingerprint density at radius 3 is 2.47 bits per heavy atom. The van der Waals surface area contributed by atoms with Gasteiger partial charge in [-0.15, -0.1) is 0 Å². The molecule has 6 heteroatoms. The Kier molecular flexibility index (Phi) is 6.28. The summed E-state index contributed by atoms with van der Waals surface area (Å²) in [6.07, 6.45) is 4.51. The fourth-order valence-corrected chi connectivity index (χ4v) is 4.98. The Balaban J connectivity index is 1.18. The first kappa shape index (κ1) is 21.2. The molecule has 0 saturated carbocycles. The number of fused-ring (bicyclic) bond motifs is 1. The molecule has 2 amide bonds. The van der Waals surface area contributed by atoms with Crippen molar-refractivity contribution in [3.63, 3.8) is 0 Å². The predicted molar refractivity (Wildman–Crippen MR) is 130 cm³/mol. The van der Waals surface area contributed by atoms with Crippen molar-refractivity contribution in [2.75, 3.05) is 31.5 Å². The van der Waals surface area contributed by atoms with Crippen LogP contribution in [0.15, 0.2) is 54.6 Å². The molecule has 0 unspecified atom stereocenters. The van der Waals surface area contributed by atoms with Crippen LogP contribution in [-0.4, -0.2) is 47.0 Å². The second-order valence-corrected chi connectivity index (χ2v) is 9.37. The van der Waals surface area contributed by atoms with Crippen LogP contribution in [0.4, 0.5) is 10.5 Å². The largest absolute Gasteiger partial charge is 0.324 e. The molecule has 0 atom stereocenters. The number of benzene rings is 2. The van der Waals surface area contributed by atoms with Crippen LogP contribution in [0, 0.1) is 0 Å². The number of hydrogen-bond acceptors (Lipinski definition) is 3. The van der Waals surface area contributed by atoms with E-state index in [1.807, 2.05) is 35.2 Å². The highest BCUT2D eigenvalue weighted by Gasteiger charge is 2.24. The average Bonchev–Trinajstić information content (AvgIpc) is 3.33. The molecule has 0 spiro atoms. The number of carbonyl (C=O) groups excluding carboxylic acids is 1. The summed E-state index contributed by atoms with van der Waals surface area (Å²) in [5.74, 6) is 0.484. The van der Waals surface area contributed by atoms with Gasteiger partial charge in [0.25, 0.3) is 0 Å². The van der Waals surface area contributed by atoms with E-state index >= 15 is 0 Å². The smallest absolute Gasteiger partial charge is 0.321 e. The van der Waals surface area contributed by atoms with Gasteiger partial charge in [0.15, 0.2) is 0 Å². The number of likely N-dealkylation sites (tertiary alicyclic amines) is 2. The van der Waals surface area contributed by atoms with Crippen LogP contribution >= 0.6 is 11.6 Å². The molecule has 0 aliphatic carbocycles. The van der Waals surface area contributed by atoms with Gasteiger partial charge < -0.3 is 10.2 Å². The van der Waals surface area contributed by atoms with Crippen LogP contribution in [-0.2, 0) is 6.54 Å². The second-order valence-electron chi connectivity index (χ2n) is 8.94. The van der Waals surface area contributed by atoms with Crippen molar-refractivity contribution in [2.24, 2.45) is 0 Å². The Morgan fingerprint density at radius 2 is 1.72 bits per heavy atom. The van der Waals surface area contributed by atoms with Gasteiger partial charge in [-0.2, -0.15) is 0 Å². The van der Waals surface area contributed by atoms with Gasteiger partial charge in [-0.25, -0.2) is 4.79 Å². The zero-order chi connectivity index (χ0) is 21.9. The minimum Gasteiger partial charge on any atom is -0.324 e. The summed E-state index contributed by atoms with van der Waals surface area (Å²) in [6, 6.07) is 18.2. The van der Waals surface area contributed by atoms with E-state index in [1.165, 1.54) is 31.5 Å². The summed E-state index contributed by atoms with van der Waals surface area (Å²) in [5, 5.41) is 4.89. The van der Waals surface area contributed by atoms with Gasteiger partial charge in [-0.1, -0.05) is 29.8 Å². The molecule has 5 nitrogen and oxygen atoms in total. The molecule has 1 N–H and O–H groups in total. The highest BCUT2D eigenvalue weighted by Crippen LogP contribution is 2.29. The fraction of sp³-hybridized carbons (Fsp3) is 0.385. The highest BCUT2D eigenvalue weighted by molar-refractivity contribution is 6.30. The molecule has 2 aliphatic rings. The Labute approximate surface area is 194 Å². The molecule has 2 fully saturated rings. The zero-order valence-corrected chi connectivity index (χ0v) is 19.0. The van der Waals surface area contributed by atoms with Crippen molar-refractivity contribution in [1.29, 1.82) is 0 Å². The maximum atomic E-state index is 12.8. The predicted octanol–water partition coefficient (Wildman–Crippen LogP) is 5.90. The molecular weight excluding hydrogens is 420 g/mol. The maximum Gasteiger partial charge on any atom is 0.321 e. The van der Waals surface area contributed by atoms with Crippen LogP contribution in [0.25, 0.3) is 10.9 Å². The van der Waals surface area contributed by atoms with E-state index in [-0.39, 0.29) is 6.03 Å². The Bertz CT molecular complexity index is 1090. The first-order valence-electron chi connectivity index (χ1n) is 11.6. The van der Waals surface area contributed by atoms with Gasteiger partial charge in [0.05, 0.1) is 11.2 Å². The summed E-state index contributed by atoms with van der Waals surface area (Å²) in [6.45, 7) is 4.77. The number of urea groups is 1. The van der Waals surface area contributed by atoms with Crippen LogP contribution in [0.1, 0.15) is 42.9 Å². The number of anilines is 1. The number of amides is 2. The number of rotatable bonds is 4. The number of nitrogens with zero attached hydrogens (tertiary/aromatic N) is 3. The number of aromatic nitrogens is 1. The lowest BCUT2D eigenvalue weighted by molar-refractivity contribution is 0.194. The molecule has 2 aromatic carbocycles. The molecule has 32 heavy (non-hydrogen) atoms. The fourth-order valence-electron chi connectivity index (χ4n) is 4.86. The molecule has 0 radical (unpaired) electrons. The van der Waals surface area contributed by atoms with Gasteiger partial charge in [0.1, 0.15) is 0 Å². The molecule has 2 saturated heterocycles. The van der Waals surface area contributed by atoms with E-state index < -0.39 is 0 Å². The lowest BCUT2D eigenvalue weighted by Crippen LogP contribution is -2.40. The van der Waals surface area contributed by atoms with E-state index in [1.54, 1.807) is 0 Å². The van der Waals surface area contributed by atoms with Crippen molar-refractivity contribution in [3.05, 3.63) is 70.9 Å². The number of hydrogen-bond donors (Lipinski definition) is 1. The minimum atomic E-state index is -0.0301. The highest BCUT2D eigenvalue weighted by atomic mass is 35.5. The summed E-state index contributed by atoms with van der Waals surface area (Å²) >= 11 is 6.00. The summed E-state index contributed by atoms with van der Waals surface area (Å²) in [7, 11) is 0. The average molecular weight is 449 g/mol. The molecule has 0 bridgehead atoms. The summed E-state index contributed by atoms with van der Waals surface area (Å²) in [5.41, 5.74) is 4.21. The van der Waals surface area contributed by atoms with E-state index in [4.69, 9.17) is 16.6 Å². The van der Waals surface area contributed by atoms with Crippen LogP contribution in [0.5, 0.6) is 0 Å². The SMILES string of the molecule is O=C(Nc1ccc2nc(CN3CCCC3)ccc2c1)N1CCC(c2ccc(Cl)cc2)CC1. The topological polar surface area (TPSA) is 48.5 Å². The van der Waals surface area contributed by atoms with E-state index in [0.717, 1.165) is 59.8 Å². The maximum absolute atomic E-state index is 12.8. The number of carbonyl (C=O) groups is 1. The molecule has 166 valence electrons. The zero-order valence-electron chi connectivity index (χ0n) is 18.3. The normalized spacial score (nSPS) is 17.7. The van der Waals surface area contributed by atoms with Crippen LogP contribution < -0.4 is 5.32 Å². The minimum absolute atomic E-state index is 0.0301. The monoisotopic (exact) mass is 448 g/mol.